The van der Waals surface area contributed by atoms with Gasteiger partial charge >= 0.3 is 0 Å². The average molecular weight is 313 g/mol. The highest BCUT2D eigenvalue weighted by atomic mass is 16.5. The summed E-state index contributed by atoms with van der Waals surface area (Å²) < 4.78 is 10.7. The Balaban J connectivity index is 2.04. The van der Waals surface area contributed by atoms with E-state index in [2.05, 4.69) is 11.4 Å². The third kappa shape index (κ3) is 4.25. The van der Waals surface area contributed by atoms with Crippen LogP contribution in [0.4, 0.5) is 0 Å². The molecular formula is C19H23NO3. The lowest BCUT2D eigenvalue weighted by Gasteiger charge is -2.14. The van der Waals surface area contributed by atoms with Crippen molar-refractivity contribution in [2.45, 2.75) is 26.8 Å². The van der Waals surface area contributed by atoms with Gasteiger partial charge < -0.3 is 14.8 Å². The van der Waals surface area contributed by atoms with Crippen molar-refractivity contribution in [2.75, 3.05) is 14.2 Å². The maximum Gasteiger partial charge on any atom is 0.224 e. The van der Waals surface area contributed by atoms with Crippen molar-refractivity contribution < 1.29 is 14.3 Å². The zero-order valence-electron chi connectivity index (χ0n) is 14.1. The summed E-state index contributed by atoms with van der Waals surface area (Å²) >= 11 is 0. The van der Waals surface area contributed by atoms with Gasteiger partial charge in [0.2, 0.25) is 5.91 Å². The summed E-state index contributed by atoms with van der Waals surface area (Å²) in [5.41, 5.74) is 4.03. The summed E-state index contributed by atoms with van der Waals surface area (Å²) in [5.74, 6) is 1.43. The quantitative estimate of drug-likeness (QED) is 0.891. The Hall–Kier alpha value is -2.49. The minimum absolute atomic E-state index is 0.0330. The minimum Gasteiger partial charge on any atom is -0.496 e. The molecule has 1 N–H and O–H groups in total. The molecule has 2 rings (SSSR count). The third-order valence-electron chi connectivity index (χ3n) is 3.78. The van der Waals surface area contributed by atoms with Gasteiger partial charge in [-0.05, 0) is 25.5 Å². The third-order valence-corrected chi connectivity index (χ3v) is 3.78. The molecule has 0 saturated heterocycles. The van der Waals surface area contributed by atoms with Crippen LogP contribution in [0.2, 0.25) is 0 Å². The average Bonchev–Trinajstić information content (AvgIpc) is 2.53. The number of rotatable bonds is 6. The van der Waals surface area contributed by atoms with Gasteiger partial charge in [-0.1, -0.05) is 35.9 Å². The topological polar surface area (TPSA) is 47.6 Å². The lowest BCUT2D eigenvalue weighted by Crippen LogP contribution is -2.24. The van der Waals surface area contributed by atoms with Gasteiger partial charge in [-0.2, -0.15) is 0 Å². The summed E-state index contributed by atoms with van der Waals surface area (Å²) in [5, 5.41) is 2.95. The first kappa shape index (κ1) is 16.9. The van der Waals surface area contributed by atoms with Crippen molar-refractivity contribution in [1.29, 1.82) is 0 Å². The molecule has 4 heteroatoms. The zero-order chi connectivity index (χ0) is 16.8. The molecule has 0 atom stereocenters. The normalized spacial score (nSPS) is 10.3. The lowest BCUT2D eigenvalue weighted by molar-refractivity contribution is -0.120. The predicted octanol–water partition coefficient (Wildman–Crippen LogP) is 3.18. The van der Waals surface area contributed by atoms with Gasteiger partial charge in [0.05, 0.1) is 20.6 Å². The first-order chi connectivity index (χ1) is 11.0. The molecule has 2 aromatic rings. The number of carbonyl (C=O) groups excluding carboxylic acids is 1. The van der Waals surface area contributed by atoms with Crippen molar-refractivity contribution in [1.82, 2.24) is 5.32 Å². The molecule has 4 nitrogen and oxygen atoms in total. The standard InChI is InChI=1S/C19H23NO3/c1-13-6-5-7-15(10-13)12-20-18(21)11-16-8-9-17(22-3)14(2)19(16)23-4/h5-10H,11-12H2,1-4H3,(H,20,21). The number of aryl methyl sites for hydroxylation is 1. The number of benzene rings is 2. The zero-order valence-corrected chi connectivity index (χ0v) is 14.1. The maximum atomic E-state index is 12.2. The number of hydrogen-bond acceptors (Lipinski definition) is 3. The Morgan fingerprint density at radius 2 is 1.87 bits per heavy atom. The molecule has 23 heavy (non-hydrogen) atoms. The Morgan fingerprint density at radius 3 is 2.52 bits per heavy atom. The molecule has 0 spiro atoms. The number of amides is 1. The van der Waals surface area contributed by atoms with Crippen LogP contribution in [-0.2, 0) is 17.8 Å². The molecular weight excluding hydrogens is 290 g/mol. The van der Waals surface area contributed by atoms with Gasteiger partial charge in [-0.3, -0.25) is 4.79 Å². The highest BCUT2D eigenvalue weighted by Gasteiger charge is 2.14. The van der Waals surface area contributed by atoms with Crippen molar-refractivity contribution >= 4 is 5.91 Å². The summed E-state index contributed by atoms with van der Waals surface area (Å²) in [6.45, 7) is 4.49. The van der Waals surface area contributed by atoms with E-state index < -0.39 is 0 Å². The second kappa shape index (κ2) is 7.68. The van der Waals surface area contributed by atoms with Crippen LogP contribution in [0.5, 0.6) is 11.5 Å². The first-order valence-corrected chi connectivity index (χ1v) is 7.58. The molecule has 0 unspecified atom stereocenters. The van der Waals surface area contributed by atoms with Crippen molar-refractivity contribution in [3.05, 3.63) is 58.7 Å². The van der Waals surface area contributed by atoms with Crippen LogP contribution in [0.1, 0.15) is 22.3 Å². The molecule has 0 aliphatic heterocycles. The smallest absolute Gasteiger partial charge is 0.224 e. The number of methoxy groups -OCH3 is 2. The number of ether oxygens (including phenoxy) is 2. The summed E-state index contributed by atoms with van der Waals surface area (Å²) in [7, 11) is 3.23. The molecule has 0 heterocycles. The SMILES string of the molecule is COc1ccc(CC(=O)NCc2cccc(C)c2)c(OC)c1C. The van der Waals surface area contributed by atoms with Crippen LogP contribution >= 0.6 is 0 Å². The number of nitrogens with one attached hydrogen (secondary N) is 1. The Kier molecular flexibility index (Phi) is 5.63. The monoisotopic (exact) mass is 313 g/mol. The van der Waals surface area contributed by atoms with Gasteiger partial charge in [0.25, 0.3) is 0 Å². The molecule has 0 saturated carbocycles. The van der Waals surface area contributed by atoms with Crippen LogP contribution in [0.15, 0.2) is 36.4 Å². The fourth-order valence-corrected chi connectivity index (χ4v) is 2.63. The van der Waals surface area contributed by atoms with Gasteiger partial charge in [-0.15, -0.1) is 0 Å². The van der Waals surface area contributed by atoms with E-state index in [0.717, 1.165) is 22.4 Å². The second-order valence-corrected chi connectivity index (χ2v) is 5.53. The first-order valence-electron chi connectivity index (χ1n) is 7.58. The van der Waals surface area contributed by atoms with E-state index >= 15 is 0 Å². The van der Waals surface area contributed by atoms with Gasteiger partial charge in [-0.25, -0.2) is 0 Å². The Morgan fingerprint density at radius 1 is 1.09 bits per heavy atom. The summed E-state index contributed by atoms with van der Waals surface area (Å²) in [6.07, 6.45) is 0.278. The highest BCUT2D eigenvalue weighted by molar-refractivity contribution is 5.79. The van der Waals surface area contributed by atoms with Crippen molar-refractivity contribution in [3.63, 3.8) is 0 Å². The fraction of sp³-hybridized carbons (Fsp3) is 0.316. The summed E-state index contributed by atoms with van der Waals surface area (Å²) in [4.78, 5) is 12.2. The van der Waals surface area contributed by atoms with E-state index in [9.17, 15) is 4.79 Å². The molecule has 0 radical (unpaired) electrons. The van der Waals surface area contributed by atoms with Crippen molar-refractivity contribution in [3.8, 4) is 11.5 Å². The Labute approximate surface area is 137 Å². The largest absolute Gasteiger partial charge is 0.496 e. The van der Waals surface area contributed by atoms with Crippen LogP contribution in [0, 0.1) is 13.8 Å². The lowest BCUT2D eigenvalue weighted by atomic mass is 10.1. The Bertz CT molecular complexity index is 695. The van der Waals surface area contributed by atoms with Crippen LogP contribution in [-0.4, -0.2) is 20.1 Å². The van der Waals surface area contributed by atoms with Crippen molar-refractivity contribution in [2.24, 2.45) is 0 Å². The van der Waals surface area contributed by atoms with E-state index in [0.29, 0.717) is 12.3 Å². The molecule has 0 bridgehead atoms. The van der Waals surface area contributed by atoms with E-state index in [4.69, 9.17) is 9.47 Å². The molecule has 1 amide bonds. The van der Waals surface area contributed by atoms with E-state index in [1.165, 1.54) is 5.56 Å². The van der Waals surface area contributed by atoms with E-state index in [1.54, 1.807) is 14.2 Å². The van der Waals surface area contributed by atoms with Gasteiger partial charge in [0.1, 0.15) is 11.5 Å². The van der Waals surface area contributed by atoms with E-state index in [1.807, 2.05) is 44.2 Å². The number of hydrogen-bond donors (Lipinski definition) is 1. The number of carbonyl (C=O) groups is 1. The molecule has 0 aliphatic rings. The maximum absolute atomic E-state index is 12.2. The van der Waals surface area contributed by atoms with Crippen LogP contribution < -0.4 is 14.8 Å². The molecule has 0 aliphatic carbocycles. The predicted molar refractivity (Wildman–Crippen MR) is 91.0 cm³/mol. The van der Waals surface area contributed by atoms with Crippen LogP contribution in [0.3, 0.4) is 0 Å². The molecule has 2 aromatic carbocycles. The summed E-state index contributed by atoms with van der Waals surface area (Å²) in [6, 6.07) is 11.8. The van der Waals surface area contributed by atoms with Gasteiger partial charge in [0.15, 0.2) is 0 Å². The van der Waals surface area contributed by atoms with Gasteiger partial charge in [0, 0.05) is 17.7 Å². The minimum atomic E-state index is -0.0330. The second-order valence-electron chi connectivity index (χ2n) is 5.53. The fourth-order valence-electron chi connectivity index (χ4n) is 2.63. The van der Waals surface area contributed by atoms with Crippen LogP contribution in [0.25, 0.3) is 0 Å². The molecule has 0 fully saturated rings. The highest BCUT2D eigenvalue weighted by Crippen LogP contribution is 2.31. The molecule has 122 valence electrons. The van der Waals surface area contributed by atoms with E-state index in [-0.39, 0.29) is 12.3 Å². The molecule has 0 aromatic heterocycles.